The van der Waals surface area contributed by atoms with Crippen molar-refractivity contribution in [3.63, 3.8) is 0 Å². The summed E-state index contributed by atoms with van der Waals surface area (Å²) in [5.41, 5.74) is 1.10. The predicted octanol–water partition coefficient (Wildman–Crippen LogP) is 2.51. The molecule has 0 aliphatic rings. The van der Waals surface area contributed by atoms with Crippen LogP contribution in [0.25, 0.3) is 10.8 Å². The lowest BCUT2D eigenvalue weighted by Gasteiger charge is -1.87. The number of aryl methyl sites for hydroxylation is 1. The monoisotopic (exact) mass is 170 g/mol. The van der Waals surface area contributed by atoms with Crippen LogP contribution < -0.4 is 5.43 Å². The van der Waals surface area contributed by atoms with Crippen molar-refractivity contribution in [3.05, 3.63) is 58.3 Å². The molecule has 1 nitrogen and oxygen atoms in total. The summed E-state index contributed by atoms with van der Waals surface area (Å²) in [5, 5.41) is 1.79. The molecule has 0 spiro atoms. The molecule has 0 aromatic heterocycles. The fourth-order valence-electron chi connectivity index (χ4n) is 1.42. The molecule has 0 aliphatic heterocycles. The van der Waals surface area contributed by atoms with Crippen molar-refractivity contribution >= 4 is 10.8 Å². The van der Waals surface area contributed by atoms with Crippen LogP contribution in [0.15, 0.2) is 47.3 Å². The van der Waals surface area contributed by atoms with Gasteiger partial charge in [0.15, 0.2) is 5.43 Å². The Kier molecular flexibility index (Phi) is 1.85. The number of fused-ring (bicyclic) bond motifs is 1. The molecule has 0 aliphatic carbocycles. The van der Waals surface area contributed by atoms with Crippen LogP contribution in [0.4, 0.5) is 0 Å². The normalized spacial score (nSPS) is 10.2. The van der Waals surface area contributed by atoms with Gasteiger partial charge < -0.3 is 0 Å². The molecule has 2 aromatic rings. The van der Waals surface area contributed by atoms with Crippen LogP contribution in [0, 0.1) is 6.92 Å². The van der Waals surface area contributed by atoms with E-state index < -0.39 is 0 Å². The van der Waals surface area contributed by atoms with E-state index in [0.29, 0.717) is 0 Å². The van der Waals surface area contributed by atoms with Crippen molar-refractivity contribution in [2.24, 2.45) is 0 Å². The number of rotatable bonds is 0. The van der Waals surface area contributed by atoms with Gasteiger partial charge in [-0.1, -0.05) is 36.4 Å². The van der Waals surface area contributed by atoms with Gasteiger partial charge in [-0.05, 0) is 23.9 Å². The lowest BCUT2D eigenvalue weighted by atomic mass is 10.2. The fraction of sp³-hybridized carbons (Fsp3) is 0.0833. The van der Waals surface area contributed by atoms with Gasteiger partial charge in [-0.15, -0.1) is 0 Å². The third-order valence-corrected chi connectivity index (χ3v) is 2.11. The average molecular weight is 170 g/mol. The first-order chi connectivity index (χ1) is 6.27. The van der Waals surface area contributed by atoms with Gasteiger partial charge in [-0.2, -0.15) is 0 Å². The number of hydrogen-bond acceptors (Lipinski definition) is 1. The molecular weight excluding hydrogens is 160 g/mol. The van der Waals surface area contributed by atoms with E-state index in [1.165, 1.54) is 0 Å². The Labute approximate surface area is 76.7 Å². The molecule has 2 aromatic carbocycles. The van der Waals surface area contributed by atoms with Crippen LogP contribution in [0.2, 0.25) is 0 Å². The summed E-state index contributed by atoms with van der Waals surface area (Å²) in [6.07, 6.45) is 0. The van der Waals surface area contributed by atoms with E-state index in [2.05, 4.69) is 0 Å². The molecule has 0 amide bonds. The molecule has 0 radical (unpaired) electrons. The highest BCUT2D eigenvalue weighted by Gasteiger charge is 1.93. The fourth-order valence-corrected chi connectivity index (χ4v) is 1.42. The average Bonchev–Trinajstić information content (AvgIpc) is 2.27. The minimum atomic E-state index is 0.0955. The second-order valence-corrected chi connectivity index (χ2v) is 3.17. The third kappa shape index (κ3) is 1.45. The molecule has 0 saturated heterocycles. The van der Waals surface area contributed by atoms with Crippen LogP contribution in [0.5, 0.6) is 0 Å². The molecule has 13 heavy (non-hydrogen) atoms. The van der Waals surface area contributed by atoms with Crippen molar-refractivity contribution in [1.82, 2.24) is 0 Å². The minimum absolute atomic E-state index is 0.0955. The van der Waals surface area contributed by atoms with Crippen molar-refractivity contribution < 1.29 is 0 Å². The maximum atomic E-state index is 11.6. The van der Waals surface area contributed by atoms with E-state index in [9.17, 15) is 4.79 Å². The highest BCUT2D eigenvalue weighted by molar-refractivity contribution is 5.81. The van der Waals surface area contributed by atoms with Crippen molar-refractivity contribution in [3.8, 4) is 0 Å². The molecule has 0 saturated carbocycles. The SMILES string of the molecule is Cc1ccc2ccccc2c(=O)c1. The van der Waals surface area contributed by atoms with Crippen LogP contribution in [0.3, 0.4) is 0 Å². The predicted molar refractivity (Wildman–Crippen MR) is 55.0 cm³/mol. The van der Waals surface area contributed by atoms with Crippen LogP contribution in [0.1, 0.15) is 5.56 Å². The van der Waals surface area contributed by atoms with E-state index in [-0.39, 0.29) is 5.43 Å². The first kappa shape index (κ1) is 7.99. The van der Waals surface area contributed by atoms with Gasteiger partial charge in [0, 0.05) is 5.39 Å². The standard InChI is InChI=1S/C12H10O/c1-9-6-7-10-4-2-3-5-11(10)12(13)8-9/h2-8H,1H3. The first-order valence-electron chi connectivity index (χ1n) is 4.27. The Hall–Kier alpha value is -1.63. The topological polar surface area (TPSA) is 17.1 Å². The van der Waals surface area contributed by atoms with Gasteiger partial charge in [0.05, 0.1) is 0 Å². The molecule has 0 heterocycles. The van der Waals surface area contributed by atoms with Gasteiger partial charge >= 0.3 is 0 Å². The summed E-state index contributed by atoms with van der Waals surface area (Å²) in [4.78, 5) is 11.6. The third-order valence-electron chi connectivity index (χ3n) is 2.11. The largest absolute Gasteiger partial charge is 0.289 e. The summed E-state index contributed by atoms with van der Waals surface area (Å²) < 4.78 is 0. The molecular formula is C12H10O. The zero-order valence-electron chi connectivity index (χ0n) is 7.45. The van der Waals surface area contributed by atoms with Gasteiger partial charge in [0.25, 0.3) is 0 Å². The Bertz CT molecular complexity index is 500. The van der Waals surface area contributed by atoms with Crippen LogP contribution >= 0.6 is 0 Å². The minimum Gasteiger partial charge on any atom is -0.289 e. The summed E-state index contributed by atoms with van der Waals surface area (Å²) in [5.74, 6) is 0. The molecule has 0 atom stereocenters. The summed E-state index contributed by atoms with van der Waals surface area (Å²) in [6.45, 7) is 1.93. The maximum Gasteiger partial charge on any atom is 0.186 e. The highest BCUT2D eigenvalue weighted by Crippen LogP contribution is 2.08. The zero-order chi connectivity index (χ0) is 9.26. The molecule has 0 unspecified atom stereocenters. The van der Waals surface area contributed by atoms with Crippen molar-refractivity contribution in [2.75, 3.05) is 0 Å². The molecule has 0 bridgehead atoms. The first-order valence-corrected chi connectivity index (χ1v) is 4.27. The summed E-state index contributed by atoms with van der Waals surface area (Å²) in [7, 11) is 0. The summed E-state index contributed by atoms with van der Waals surface area (Å²) >= 11 is 0. The van der Waals surface area contributed by atoms with E-state index in [1.807, 2.05) is 43.3 Å². The maximum absolute atomic E-state index is 11.6. The van der Waals surface area contributed by atoms with E-state index in [0.717, 1.165) is 16.3 Å². The zero-order valence-corrected chi connectivity index (χ0v) is 7.45. The van der Waals surface area contributed by atoms with Gasteiger partial charge in [-0.3, -0.25) is 4.79 Å². The van der Waals surface area contributed by atoms with Gasteiger partial charge in [-0.25, -0.2) is 0 Å². The Balaban J connectivity index is 3.02. The lowest BCUT2D eigenvalue weighted by Crippen LogP contribution is -1.94. The van der Waals surface area contributed by atoms with E-state index in [4.69, 9.17) is 0 Å². The smallest absolute Gasteiger partial charge is 0.186 e. The van der Waals surface area contributed by atoms with Crippen molar-refractivity contribution in [2.45, 2.75) is 6.92 Å². The Morgan fingerprint density at radius 3 is 2.62 bits per heavy atom. The van der Waals surface area contributed by atoms with E-state index >= 15 is 0 Å². The molecule has 1 heteroatoms. The highest BCUT2D eigenvalue weighted by atomic mass is 16.1. The molecule has 0 N–H and O–H groups in total. The molecule has 64 valence electrons. The Morgan fingerprint density at radius 2 is 1.77 bits per heavy atom. The number of benzene rings is 1. The second-order valence-electron chi connectivity index (χ2n) is 3.17. The van der Waals surface area contributed by atoms with Crippen molar-refractivity contribution in [1.29, 1.82) is 0 Å². The molecule has 2 rings (SSSR count). The lowest BCUT2D eigenvalue weighted by molar-refractivity contribution is 1.49. The molecule has 0 fully saturated rings. The van der Waals surface area contributed by atoms with E-state index in [1.54, 1.807) is 6.07 Å². The quantitative estimate of drug-likeness (QED) is 0.593. The van der Waals surface area contributed by atoms with Gasteiger partial charge in [0.2, 0.25) is 0 Å². The Morgan fingerprint density at radius 1 is 1.00 bits per heavy atom. The van der Waals surface area contributed by atoms with Crippen LogP contribution in [-0.4, -0.2) is 0 Å². The summed E-state index contributed by atoms with van der Waals surface area (Å²) in [6, 6.07) is 13.3. The second kappa shape index (κ2) is 3.02. The van der Waals surface area contributed by atoms with Gasteiger partial charge in [0.1, 0.15) is 0 Å². The number of hydrogen-bond donors (Lipinski definition) is 0. The van der Waals surface area contributed by atoms with Crippen LogP contribution in [-0.2, 0) is 0 Å².